The molecule has 0 aromatic carbocycles. The molecule has 0 spiro atoms. The zero-order valence-electron chi connectivity index (χ0n) is 27.6. The third-order valence-corrected chi connectivity index (χ3v) is 7.09. The quantitative estimate of drug-likeness (QED) is 0.178. The second-order valence-corrected chi connectivity index (χ2v) is 12.4. The molecule has 1 aliphatic rings. The molecule has 1 atom stereocenters. The number of aliphatic hydroxyl groups excluding tert-OH is 1. The maximum atomic E-state index is 10.1. The summed E-state index contributed by atoms with van der Waals surface area (Å²) < 4.78 is 0. The minimum atomic E-state index is -0.222. The highest BCUT2D eigenvalue weighted by Crippen LogP contribution is 2.41. The lowest BCUT2D eigenvalue weighted by Crippen LogP contribution is -2.28. The summed E-state index contributed by atoms with van der Waals surface area (Å²) in [6.07, 6.45) is 38.0. The van der Waals surface area contributed by atoms with Gasteiger partial charge in [-0.2, -0.15) is 0 Å². The molecule has 0 heterocycles. The van der Waals surface area contributed by atoms with Crippen molar-refractivity contribution < 1.29 is 5.11 Å². The van der Waals surface area contributed by atoms with Gasteiger partial charge >= 0.3 is 0 Å². The Labute approximate surface area is 252 Å². The van der Waals surface area contributed by atoms with Crippen LogP contribution in [-0.4, -0.2) is 11.2 Å². The van der Waals surface area contributed by atoms with Gasteiger partial charge in [-0.1, -0.05) is 150 Å². The summed E-state index contributed by atoms with van der Waals surface area (Å²) in [6.45, 7) is 21.6. The predicted octanol–water partition coefficient (Wildman–Crippen LogP) is 11.7. The van der Waals surface area contributed by atoms with Gasteiger partial charge in [0.2, 0.25) is 0 Å². The first-order chi connectivity index (χ1) is 19.3. The van der Waals surface area contributed by atoms with E-state index in [9.17, 15) is 5.11 Å². The van der Waals surface area contributed by atoms with Gasteiger partial charge in [-0.15, -0.1) is 0 Å². The zero-order chi connectivity index (χ0) is 30.8. The van der Waals surface area contributed by atoms with E-state index in [1.54, 1.807) is 0 Å². The normalized spacial score (nSPS) is 20.2. The van der Waals surface area contributed by atoms with Crippen LogP contribution >= 0.6 is 0 Å². The molecule has 0 aromatic heterocycles. The summed E-state index contributed by atoms with van der Waals surface area (Å²) in [6, 6.07) is 0. The standard InChI is InChI=1S/C40H56O/c1-31(2)17-13-20-34(5)23-15-25-35(6)24-14-21-32(3)18-11-12-19-33(4)22-16-26-36(7)27-28-39-37(8)29-38(41)30-40(39,9)10/h11-12,14-19,21-28,38,41H,13,20,29-30H2,1-10H3/b12-11+,21-14+,22-16+,25-15+,28-27+,32-18+,33-19+,34-23+,35-24-,36-26+/t38-/m1/s1. The third-order valence-electron chi connectivity index (χ3n) is 7.09. The monoisotopic (exact) mass is 552 g/mol. The highest BCUT2D eigenvalue weighted by molar-refractivity contribution is 5.38. The van der Waals surface area contributed by atoms with Crippen LogP contribution in [-0.2, 0) is 0 Å². The lowest BCUT2D eigenvalue weighted by atomic mass is 9.71. The van der Waals surface area contributed by atoms with E-state index in [4.69, 9.17) is 0 Å². The number of hydrogen-bond acceptors (Lipinski definition) is 1. The van der Waals surface area contributed by atoms with E-state index in [1.807, 2.05) is 0 Å². The first-order valence-electron chi connectivity index (χ1n) is 15.1. The smallest absolute Gasteiger partial charge is 0.0585 e. The Morgan fingerprint density at radius 2 is 1.17 bits per heavy atom. The van der Waals surface area contributed by atoms with Gasteiger partial charge in [-0.05, 0) is 92.1 Å². The van der Waals surface area contributed by atoms with E-state index in [2.05, 4.69) is 166 Å². The number of aliphatic hydroxyl groups is 1. The van der Waals surface area contributed by atoms with Crippen molar-refractivity contribution in [3.05, 3.63) is 142 Å². The summed E-state index contributed by atoms with van der Waals surface area (Å²) >= 11 is 0. The van der Waals surface area contributed by atoms with E-state index in [1.165, 1.54) is 44.6 Å². The van der Waals surface area contributed by atoms with Crippen molar-refractivity contribution in [3.63, 3.8) is 0 Å². The highest BCUT2D eigenvalue weighted by atomic mass is 16.3. The molecule has 1 nitrogen and oxygen atoms in total. The molecule has 1 rings (SSSR count). The minimum Gasteiger partial charge on any atom is -0.393 e. The predicted molar refractivity (Wildman–Crippen MR) is 185 cm³/mol. The first kappa shape index (κ1) is 35.9. The molecule has 1 N–H and O–H groups in total. The van der Waals surface area contributed by atoms with Gasteiger partial charge < -0.3 is 5.11 Å². The number of hydrogen-bond donors (Lipinski definition) is 1. The zero-order valence-corrected chi connectivity index (χ0v) is 27.6. The van der Waals surface area contributed by atoms with Crippen molar-refractivity contribution >= 4 is 0 Å². The molecular weight excluding hydrogens is 496 g/mol. The molecule has 0 bridgehead atoms. The Hall–Kier alpha value is -3.16. The molecule has 1 aliphatic carbocycles. The second-order valence-electron chi connectivity index (χ2n) is 12.4. The molecule has 0 unspecified atom stereocenters. The molecule has 1 heteroatoms. The molecule has 0 amide bonds. The van der Waals surface area contributed by atoms with E-state index in [-0.39, 0.29) is 11.5 Å². The van der Waals surface area contributed by atoms with E-state index in [0.717, 1.165) is 25.7 Å². The second kappa shape index (κ2) is 19.1. The fourth-order valence-electron chi connectivity index (χ4n) is 4.77. The van der Waals surface area contributed by atoms with Crippen LogP contribution in [0.25, 0.3) is 0 Å². The molecule has 222 valence electrons. The minimum absolute atomic E-state index is 0.0115. The molecular formula is C40H56O. The molecule has 0 fully saturated rings. The Kier molecular flexibility index (Phi) is 16.7. The third kappa shape index (κ3) is 16.6. The van der Waals surface area contributed by atoms with Crippen LogP contribution in [0.5, 0.6) is 0 Å². The lowest BCUT2D eigenvalue weighted by molar-refractivity contribution is 0.116. The van der Waals surface area contributed by atoms with Crippen LogP contribution < -0.4 is 0 Å². The summed E-state index contributed by atoms with van der Waals surface area (Å²) in [5.41, 5.74) is 10.3. The molecule has 0 saturated carbocycles. The van der Waals surface area contributed by atoms with E-state index < -0.39 is 0 Å². The van der Waals surface area contributed by atoms with Crippen LogP contribution in [0.15, 0.2) is 142 Å². The van der Waals surface area contributed by atoms with Crippen LogP contribution in [0.1, 0.15) is 94.9 Å². The Balaban J connectivity index is 2.60. The van der Waals surface area contributed by atoms with Crippen molar-refractivity contribution in [2.24, 2.45) is 5.41 Å². The van der Waals surface area contributed by atoms with Crippen molar-refractivity contribution in [1.82, 2.24) is 0 Å². The van der Waals surface area contributed by atoms with Crippen LogP contribution in [0.2, 0.25) is 0 Å². The average Bonchev–Trinajstić information content (AvgIpc) is 2.85. The summed E-state index contributed by atoms with van der Waals surface area (Å²) in [7, 11) is 0. The summed E-state index contributed by atoms with van der Waals surface area (Å²) in [5.74, 6) is 0. The van der Waals surface area contributed by atoms with Crippen molar-refractivity contribution in [2.45, 2.75) is 101 Å². The van der Waals surface area contributed by atoms with E-state index in [0.29, 0.717) is 0 Å². The molecule has 41 heavy (non-hydrogen) atoms. The average molecular weight is 553 g/mol. The van der Waals surface area contributed by atoms with Crippen molar-refractivity contribution in [2.75, 3.05) is 0 Å². The maximum Gasteiger partial charge on any atom is 0.0585 e. The largest absolute Gasteiger partial charge is 0.393 e. The molecule has 0 radical (unpaired) electrons. The van der Waals surface area contributed by atoms with Crippen LogP contribution in [0.3, 0.4) is 0 Å². The first-order valence-corrected chi connectivity index (χ1v) is 15.1. The lowest BCUT2D eigenvalue weighted by Gasteiger charge is -2.35. The van der Waals surface area contributed by atoms with Gasteiger partial charge in [0, 0.05) is 0 Å². The Morgan fingerprint density at radius 1 is 0.707 bits per heavy atom. The van der Waals surface area contributed by atoms with Gasteiger partial charge in [-0.3, -0.25) is 0 Å². The van der Waals surface area contributed by atoms with Crippen LogP contribution in [0.4, 0.5) is 0 Å². The fourth-order valence-corrected chi connectivity index (χ4v) is 4.77. The highest BCUT2D eigenvalue weighted by Gasteiger charge is 2.31. The summed E-state index contributed by atoms with van der Waals surface area (Å²) in [5, 5.41) is 10.1. The van der Waals surface area contributed by atoms with Crippen molar-refractivity contribution in [3.8, 4) is 0 Å². The maximum absolute atomic E-state index is 10.1. The van der Waals surface area contributed by atoms with E-state index >= 15 is 0 Å². The van der Waals surface area contributed by atoms with Crippen molar-refractivity contribution in [1.29, 1.82) is 0 Å². The van der Waals surface area contributed by atoms with Gasteiger partial charge in [0.05, 0.1) is 6.10 Å². The summed E-state index contributed by atoms with van der Waals surface area (Å²) in [4.78, 5) is 0. The van der Waals surface area contributed by atoms with Gasteiger partial charge in [-0.25, -0.2) is 0 Å². The fraction of sp³-hybridized carbons (Fsp3) is 0.400. The Bertz CT molecular complexity index is 1220. The van der Waals surface area contributed by atoms with Gasteiger partial charge in [0.15, 0.2) is 0 Å². The van der Waals surface area contributed by atoms with Gasteiger partial charge in [0.1, 0.15) is 0 Å². The van der Waals surface area contributed by atoms with Crippen LogP contribution in [0, 0.1) is 5.41 Å². The molecule has 0 aliphatic heterocycles. The SMILES string of the molecule is CC(C)=CCC/C(C)=C/C=C/C(C)=C\C=C\C(C)=C\C=C\C=C(C)\C=C\C=C(C)\C=C\C1=C(C)C[C@@H](O)CC1(C)C. The molecule has 0 aromatic rings. The Morgan fingerprint density at radius 3 is 1.66 bits per heavy atom. The number of allylic oxidation sites excluding steroid dienone is 23. The number of rotatable bonds is 13. The van der Waals surface area contributed by atoms with Gasteiger partial charge in [0.25, 0.3) is 0 Å². The topological polar surface area (TPSA) is 20.2 Å². The molecule has 0 saturated heterocycles.